The molecule has 2 rings (SSSR count). The van der Waals surface area contributed by atoms with E-state index in [1.807, 2.05) is 7.05 Å². The summed E-state index contributed by atoms with van der Waals surface area (Å²) in [6.07, 6.45) is 3.40. The Labute approximate surface area is 99.5 Å². The Kier molecular flexibility index (Phi) is 3.51. The molecule has 0 unspecified atom stereocenters. The first-order chi connectivity index (χ1) is 7.70. The first kappa shape index (κ1) is 11.5. The molecule has 0 aliphatic carbocycles. The van der Waals surface area contributed by atoms with E-state index in [1.54, 1.807) is 11.0 Å². The van der Waals surface area contributed by atoms with Crippen LogP contribution in [-0.2, 0) is 0 Å². The van der Waals surface area contributed by atoms with E-state index < -0.39 is 0 Å². The maximum Gasteiger partial charge on any atom is 0.258 e. The number of carbonyl (C=O) groups excluding carboxylic acids is 1. The number of amides is 1. The zero-order valence-corrected chi connectivity index (χ0v) is 9.96. The van der Waals surface area contributed by atoms with E-state index in [0.29, 0.717) is 11.6 Å². The molecule has 0 atom stereocenters. The van der Waals surface area contributed by atoms with Crippen molar-refractivity contribution >= 4 is 17.5 Å². The highest BCUT2D eigenvalue weighted by Crippen LogP contribution is 2.20. The van der Waals surface area contributed by atoms with Crippen LogP contribution in [0.1, 0.15) is 23.2 Å². The highest BCUT2D eigenvalue weighted by molar-refractivity contribution is 6.32. The summed E-state index contributed by atoms with van der Waals surface area (Å²) >= 11 is 5.79. The topological polar surface area (TPSA) is 45.5 Å². The number of nitrogens with zero attached hydrogens (tertiary/aromatic N) is 1. The van der Waals surface area contributed by atoms with E-state index in [-0.39, 0.29) is 11.1 Å². The van der Waals surface area contributed by atoms with Crippen LogP contribution in [0.25, 0.3) is 0 Å². The maximum absolute atomic E-state index is 12.1. The van der Waals surface area contributed by atoms with Crippen LogP contribution in [-0.4, -0.2) is 37.0 Å². The number of carbonyl (C=O) groups is 1. The van der Waals surface area contributed by atoms with E-state index in [1.165, 1.54) is 6.26 Å². The Balaban J connectivity index is 2.06. The van der Waals surface area contributed by atoms with Crippen molar-refractivity contribution in [3.05, 3.63) is 23.1 Å². The van der Waals surface area contributed by atoms with Gasteiger partial charge in [0.2, 0.25) is 5.22 Å². The molecule has 1 aliphatic heterocycles. The van der Waals surface area contributed by atoms with Crippen LogP contribution >= 0.6 is 11.6 Å². The van der Waals surface area contributed by atoms with E-state index >= 15 is 0 Å². The Hall–Kier alpha value is -1.00. The highest BCUT2D eigenvalue weighted by Gasteiger charge is 2.25. The van der Waals surface area contributed by atoms with E-state index in [4.69, 9.17) is 16.0 Å². The lowest BCUT2D eigenvalue weighted by Gasteiger charge is -2.31. The Morgan fingerprint density at radius 2 is 2.25 bits per heavy atom. The molecule has 1 aromatic rings. The van der Waals surface area contributed by atoms with Gasteiger partial charge in [0.25, 0.3) is 5.91 Å². The quantitative estimate of drug-likeness (QED) is 0.860. The zero-order valence-electron chi connectivity index (χ0n) is 9.20. The fraction of sp³-hybridized carbons (Fsp3) is 0.545. The molecule has 1 amide bonds. The largest absolute Gasteiger partial charge is 0.452 e. The van der Waals surface area contributed by atoms with Crippen LogP contribution in [0.3, 0.4) is 0 Å². The van der Waals surface area contributed by atoms with Crippen molar-refractivity contribution in [1.29, 1.82) is 0 Å². The molecular formula is C11H15ClN2O2. The fourth-order valence-electron chi connectivity index (χ4n) is 2.00. The van der Waals surface area contributed by atoms with E-state index in [2.05, 4.69) is 5.32 Å². The number of hydrogen-bond acceptors (Lipinski definition) is 3. The number of furan rings is 1. The van der Waals surface area contributed by atoms with Gasteiger partial charge in [0, 0.05) is 13.1 Å². The molecule has 1 saturated heterocycles. The summed E-state index contributed by atoms with van der Waals surface area (Å²) < 4.78 is 4.93. The Morgan fingerprint density at radius 3 is 2.81 bits per heavy atom. The molecular weight excluding hydrogens is 228 g/mol. The van der Waals surface area contributed by atoms with E-state index in [9.17, 15) is 4.79 Å². The van der Waals surface area contributed by atoms with Gasteiger partial charge in [0.1, 0.15) is 0 Å². The molecule has 2 heterocycles. The van der Waals surface area contributed by atoms with Gasteiger partial charge in [-0.3, -0.25) is 4.79 Å². The van der Waals surface area contributed by atoms with Crippen molar-refractivity contribution in [1.82, 2.24) is 10.2 Å². The van der Waals surface area contributed by atoms with Crippen LogP contribution in [0.4, 0.5) is 0 Å². The molecule has 0 saturated carbocycles. The second-order valence-electron chi connectivity index (χ2n) is 4.01. The van der Waals surface area contributed by atoms with Gasteiger partial charge in [0.15, 0.2) is 0 Å². The molecule has 0 spiro atoms. The van der Waals surface area contributed by atoms with Gasteiger partial charge in [-0.1, -0.05) is 0 Å². The molecule has 88 valence electrons. The third kappa shape index (κ3) is 2.23. The van der Waals surface area contributed by atoms with Crippen LogP contribution in [0.2, 0.25) is 5.22 Å². The predicted molar refractivity (Wildman–Crippen MR) is 61.7 cm³/mol. The predicted octanol–water partition coefficient (Wildman–Crippen LogP) is 1.76. The normalized spacial score (nSPS) is 17.4. The molecule has 5 heteroatoms. The van der Waals surface area contributed by atoms with Gasteiger partial charge in [0.05, 0.1) is 11.8 Å². The lowest BCUT2D eigenvalue weighted by atomic mass is 10.0. The van der Waals surface area contributed by atoms with Gasteiger partial charge in [-0.25, -0.2) is 0 Å². The standard InChI is InChI=1S/C11H15ClN2O2/c1-14(8-2-5-13-6-3-8)11(15)9-4-7-16-10(9)12/h4,7-8,13H,2-3,5-6H2,1H3. The third-order valence-corrected chi connectivity index (χ3v) is 3.32. The number of hydrogen-bond donors (Lipinski definition) is 1. The van der Waals surface area contributed by atoms with Crippen molar-refractivity contribution in [2.75, 3.05) is 20.1 Å². The lowest BCUT2D eigenvalue weighted by molar-refractivity contribution is 0.0703. The summed E-state index contributed by atoms with van der Waals surface area (Å²) in [7, 11) is 1.82. The zero-order chi connectivity index (χ0) is 11.5. The van der Waals surface area contributed by atoms with Gasteiger partial charge in [-0.15, -0.1) is 0 Å². The number of nitrogens with one attached hydrogen (secondary N) is 1. The number of halogens is 1. The number of rotatable bonds is 2. The Morgan fingerprint density at radius 1 is 1.56 bits per heavy atom. The summed E-state index contributed by atoms with van der Waals surface area (Å²) in [5.74, 6) is -0.0642. The van der Waals surface area contributed by atoms with Crippen molar-refractivity contribution < 1.29 is 9.21 Å². The molecule has 4 nitrogen and oxygen atoms in total. The summed E-state index contributed by atoms with van der Waals surface area (Å²) in [5.41, 5.74) is 0.447. The van der Waals surface area contributed by atoms with Crippen LogP contribution in [0.15, 0.2) is 16.7 Å². The summed E-state index contributed by atoms with van der Waals surface area (Å²) in [4.78, 5) is 13.8. The SMILES string of the molecule is CN(C(=O)c1ccoc1Cl)C1CCNCC1. The molecule has 0 aromatic carbocycles. The van der Waals surface area contributed by atoms with Crippen molar-refractivity contribution in [2.45, 2.75) is 18.9 Å². The minimum Gasteiger partial charge on any atom is -0.452 e. The van der Waals surface area contributed by atoms with Crippen molar-refractivity contribution in [3.8, 4) is 0 Å². The lowest BCUT2D eigenvalue weighted by Crippen LogP contribution is -2.43. The van der Waals surface area contributed by atoms with Gasteiger partial charge in [-0.05, 0) is 43.6 Å². The average molecular weight is 243 g/mol. The highest BCUT2D eigenvalue weighted by atomic mass is 35.5. The second kappa shape index (κ2) is 4.89. The van der Waals surface area contributed by atoms with Crippen molar-refractivity contribution in [3.63, 3.8) is 0 Å². The average Bonchev–Trinajstić information content (AvgIpc) is 2.75. The molecule has 1 aromatic heterocycles. The summed E-state index contributed by atoms with van der Waals surface area (Å²) in [6, 6.07) is 1.90. The smallest absolute Gasteiger partial charge is 0.258 e. The second-order valence-corrected chi connectivity index (χ2v) is 4.35. The molecule has 1 aliphatic rings. The Bertz CT molecular complexity index is 372. The first-order valence-electron chi connectivity index (χ1n) is 5.41. The maximum atomic E-state index is 12.1. The van der Waals surface area contributed by atoms with Crippen LogP contribution in [0, 0.1) is 0 Å². The van der Waals surface area contributed by atoms with Crippen molar-refractivity contribution in [2.24, 2.45) is 0 Å². The molecule has 0 bridgehead atoms. The molecule has 1 fully saturated rings. The monoisotopic (exact) mass is 242 g/mol. The fourth-order valence-corrected chi connectivity index (χ4v) is 2.19. The van der Waals surface area contributed by atoms with Gasteiger partial charge >= 0.3 is 0 Å². The van der Waals surface area contributed by atoms with Gasteiger partial charge < -0.3 is 14.6 Å². The minimum absolute atomic E-state index is 0.0642. The van der Waals surface area contributed by atoms with Crippen LogP contribution < -0.4 is 5.32 Å². The number of piperidine rings is 1. The van der Waals surface area contributed by atoms with Crippen LogP contribution in [0.5, 0.6) is 0 Å². The first-order valence-corrected chi connectivity index (χ1v) is 5.79. The van der Waals surface area contributed by atoms with Gasteiger partial charge in [-0.2, -0.15) is 0 Å². The molecule has 1 N–H and O–H groups in total. The molecule has 16 heavy (non-hydrogen) atoms. The third-order valence-electron chi connectivity index (χ3n) is 3.03. The van der Waals surface area contributed by atoms with E-state index in [0.717, 1.165) is 25.9 Å². The summed E-state index contributed by atoms with van der Waals surface area (Å²) in [6.45, 7) is 1.92. The minimum atomic E-state index is -0.0642. The molecule has 0 radical (unpaired) electrons. The summed E-state index contributed by atoms with van der Waals surface area (Å²) in [5, 5.41) is 3.44.